The van der Waals surface area contributed by atoms with Gasteiger partial charge in [0.1, 0.15) is 0 Å². The molecule has 2 fully saturated rings. The number of morpholine rings is 1. The van der Waals surface area contributed by atoms with Crippen LogP contribution in [0.3, 0.4) is 0 Å². The zero-order valence-corrected chi connectivity index (χ0v) is 12.1. The molecule has 19 heavy (non-hydrogen) atoms. The number of carbonyl (C=O) groups excluding carboxylic acids is 1. The summed E-state index contributed by atoms with van der Waals surface area (Å²) < 4.78 is 5.65. The third kappa shape index (κ3) is 3.91. The highest BCUT2D eigenvalue weighted by molar-refractivity contribution is 5.79. The maximum Gasteiger partial charge on any atom is 0.225 e. The van der Waals surface area contributed by atoms with Crippen molar-refractivity contribution in [2.75, 3.05) is 33.3 Å². The predicted molar refractivity (Wildman–Crippen MR) is 74.7 cm³/mol. The van der Waals surface area contributed by atoms with E-state index in [0.717, 1.165) is 39.0 Å². The van der Waals surface area contributed by atoms with E-state index >= 15 is 0 Å². The van der Waals surface area contributed by atoms with Crippen molar-refractivity contribution < 1.29 is 9.53 Å². The molecule has 0 bridgehead atoms. The standard InChI is InChI=1S/C14H27N3O2/c1-10-4-3-5-12(15)13(10)14(18)16-8-11-9-17(2)6-7-19-11/h10-13H,3-9,15H2,1-2H3,(H,16,18). The Morgan fingerprint density at radius 2 is 2.26 bits per heavy atom. The second-order valence-electron chi connectivity index (χ2n) is 6.10. The van der Waals surface area contributed by atoms with Crippen LogP contribution < -0.4 is 11.1 Å². The number of nitrogens with one attached hydrogen (secondary N) is 1. The molecule has 0 spiro atoms. The van der Waals surface area contributed by atoms with Gasteiger partial charge in [0.25, 0.3) is 0 Å². The fraction of sp³-hybridized carbons (Fsp3) is 0.929. The fourth-order valence-corrected chi connectivity index (χ4v) is 3.23. The largest absolute Gasteiger partial charge is 0.374 e. The molecule has 3 N–H and O–H groups in total. The van der Waals surface area contributed by atoms with Gasteiger partial charge in [0.05, 0.1) is 18.6 Å². The molecular formula is C14H27N3O2. The Morgan fingerprint density at radius 3 is 2.95 bits per heavy atom. The first kappa shape index (κ1) is 14.8. The molecule has 0 radical (unpaired) electrons. The van der Waals surface area contributed by atoms with E-state index in [9.17, 15) is 4.79 Å². The lowest BCUT2D eigenvalue weighted by Crippen LogP contribution is -2.51. The first-order valence-corrected chi connectivity index (χ1v) is 7.41. The minimum atomic E-state index is -0.0323. The maximum absolute atomic E-state index is 12.3. The molecule has 4 unspecified atom stereocenters. The summed E-state index contributed by atoms with van der Waals surface area (Å²) in [5.41, 5.74) is 6.10. The summed E-state index contributed by atoms with van der Waals surface area (Å²) in [5.74, 6) is 0.463. The second kappa shape index (κ2) is 6.68. The van der Waals surface area contributed by atoms with Crippen LogP contribution >= 0.6 is 0 Å². The Bertz CT molecular complexity index is 301. The molecule has 5 heteroatoms. The van der Waals surface area contributed by atoms with E-state index in [4.69, 9.17) is 10.5 Å². The molecule has 5 nitrogen and oxygen atoms in total. The fourth-order valence-electron chi connectivity index (χ4n) is 3.23. The zero-order valence-electron chi connectivity index (χ0n) is 12.1. The number of hydrogen-bond donors (Lipinski definition) is 2. The van der Waals surface area contributed by atoms with Gasteiger partial charge >= 0.3 is 0 Å². The van der Waals surface area contributed by atoms with Crippen molar-refractivity contribution >= 4 is 5.91 Å². The molecular weight excluding hydrogens is 242 g/mol. The van der Waals surface area contributed by atoms with Crippen molar-refractivity contribution in [2.24, 2.45) is 17.6 Å². The van der Waals surface area contributed by atoms with Crippen molar-refractivity contribution in [3.63, 3.8) is 0 Å². The second-order valence-corrected chi connectivity index (χ2v) is 6.10. The van der Waals surface area contributed by atoms with Gasteiger partial charge in [0, 0.05) is 25.7 Å². The normalized spacial score (nSPS) is 37.0. The molecule has 1 saturated heterocycles. The quantitative estimate of drug-likeness (QED) is 0.768. The molecule has 1 amide bonds. The third-order valence-electron chi connectivity index (χ3n) is 4.42. The summed E-state index contributed by atoms with van der Waals surface area (Å²) in [5, 5.41) is 3.03. The number of ether oxygens (including phenoxy) is 1. The number of nitrogens with two attached hydrogens (primary N) is 1. The first-order chi connectivity index (χ1) is 9.08. The molecule has 2 rings (SSSR count). The molecule has 0 aromatic rings. The van der Waals surface area contributed by atoms with E-state index in [1.54, 1.807) is 0 Å². The van der Waals surface area contributed by atoms with Crippen LogP contribution in [0.2, 0.25) is 0 Å². The molecule has 1 saturated carbocycles. The van der Waals surface area contributed by atoms with E-state index in [-0.39, 0.29) is 24.0 Å². The summed E-state index contributed by atoms with van der Waals surface area (Å²) in [7, 11) is 2.08. The van der Waals surface area contributed by atoms with Gasteiger partial charge < -0.3 is 20.7 Å². The van der Waals surface area contributed by atoms with Crippen molar-refractivity contribution in [3.05, 3.63) is 0 Å². The lowest BCUT2D eigenvalue weighted by Gasteiger charge is -2.34. The third-order valence-corrected chi connectivity index (χ3v) is 4.42. The maximum atomic E-state index is 12.3. The number of likely N-dealkylation sites (N-methyl/N-ethyl adjacent to an activating group) is 1. The van der Waals surface area contributed by atoms with E-state index in [0.29, 0.717) is 12.5 Å². The van der Waals surface area contributed by atoms with Crippen molar-refractivity contribution in [2.45, 2.75) is 38.3 Å². The van der Waals surface area contributed by atoms with Gasteiger partial charge in [-0.25, -0.2) is 0 Å². The summed E-state index contributed by atoms with van der Waals surface area (Å²) in [6.45, 7) is 5.32. The van der Waals surface area contributed by atoms with Crippen LogP contribution in [0.25, 0.3) is 0 Å². The van der Waals surface area contributed by atoms with Crippen LogP contribution in [0, 0.1) is 11.8 Å². The van der Waals surface area contributed by atoms with E-state index in [1.165, 1.54) is 0 Å². The Kier molecular flexibility index (Phi) is 5.19. The summed E-state index contributed by atoms with van der Waals surface area (Å²) in [4.78, 5) is 14.5. The number of carbonyl (C=O) groups is 1. The van der Waals surface area contributed by atoms with Gasteiger partial charge in [0.2, 0.25) is 5.91 Å². The topological polar surface area (TPSA) is 67.6 Å². The summed E-state index contributed by atoms with van der Waals surface area (Å²) in [6.07, 6.45) is 3.32. The zero-order chi connectivity index (χ0) is 13.8. The summed E-state index contributed by atoms with van der Waals surface area (Å²) >= 11 is 0. The first-order valence-electron chi connectivity index (χ1n) is 7.41. The molecule has 0 aromatic heterocycles. The number of hydrogen-bond acceptors (Lipinski definition) is 4. The van der Waals surface area contributed by atoms with Crippen LogP contribution in [0.1, 0.15) is 26.2 Å². The molecule has 1 aliphatic carbocycles. The Hall–Kier alpha value is -0.650. The minimum Gasteiger partial charge on any atom is -0.374 e. The van der Waals surface area contributed by atoms with Crippen LogP contribution in [0.4, 0.5) is 0 Å². The van der Waals surface area contributed by atoms with Crippen LogP contribution in [0.5, 0.6) is 0 Å². The van der Waals surface area contributed by atoms with Gasteiger partial charge in [0.15, 0.2) is 0 Å². The van der Waals surface area contributed by atoms with E-state index in [1.807, 2.05) is 0 Å². The van der Waals surface area contributed by atoms with Crippen LogP contribution in [-0.2, 0) is 9.53 Å². The van der Waals surface area contributed by atoms with Crippen LogP contribution in [-0.4, -0.2) is 56.2 Å². The number of amides is 1. The van der Waals surface area contributed by atoms with Crippen molar-refractivity contribution in [1.29, 1.82) is 0 Å². The predicted octanol–water partition coefficient (Wildman–Crippen LogP) is 0.197. The molecule has 4 atom stereocenters. The summed E-state index contributed by atoms with van der Waals surface area (Å²) in [6, 6.07) is 0.0127. The Balaban J connectivity index is 1.79. The van der Waals surface area contributed by atoms with E-state index < -0.39 is 0 Å². The van der Waals surface area contributed by atoms with Gasteiger partial charge in [-0.05, 0) is 25.8 Å². The van der Waals surface area contributed by atoms with Gasteiger partial charge in [-0.15, -0.1) is 0 Å². The highest BCUT2D eigenvalue weighted by Crippen LogP contribution is 2.28. The lowest BCUT2D eigenvalue weighted by atomic mass is 9.76. The molecule has 1 heterocycles. The highest BCUT2D eigenvalue weighted by atomic mass is 16.5. The van der Waals surface area contributed by atoms with Gasteiger partial charge in [-0.2, -0.15) is 0 Å². The van der Waals surface area contributed by atoms with Gasteiger partial charge in [-0.1, -0.05) is 13.3 Å². The highest BCUT2D eigenvalue weighted by Gasteiger charge is 2.34. The van der Waals surface area contributed by atoms with Gasteiger partial charge in [-0.3, -0.25) is 4.79 Å². The molecule has 0 aromatic carbocycles. The smallest absolute Gasteiger partial charge is 0.225 e. The van der Waals surface area contributed by atoms with E-state index in [2.05, 4.69) is 24.2 Å². The molecule has 2 aliphatic rings. The number of nitrogens with zero attached hydrogens (tertiary/aromatic N) is 1. The van der Waals surface area contributed by atoms with Crippen molar-refractivity contribution in [3.8, 4) is 0 Å². The minimum absolute atomic E-state index is 0.0127. The molecule has 110 valence electrons. The van der Waals surface area contributed by atoms with Crippen LogP contribution in [0.15, 0.2) is 0 Å². The average molecular weight is 269 g/mol. The SMILES string of the molecule is CC1CCCC(N)C1C(=O)NCC1CN(C)CCO1. The van der Waals surface area contributed by atoms with Crippen molar-refractivity contribution in [1.82, 2.24) is 10.2 Å². The molecule has 1 aliphatic heterocycles. The monoisotopic (exact) mass is 269 g/mol. The Morgan fingerprint density at radius 1 is 1.47 bits per heavy atom. The Labute approximate surface area is 115 Å². The average Bonchev–Trinajstić information content (AvgIpc) is 2.36. The number of rotatable bonds is 3. The lowest BCUT2D eigenvalue weighted by molar-refractivity contribution is -0.129.